The maximum atomic E-state index is 5.30. The Kier molecular flexibility index (Phi) is 2.70. The lowest BCUT2D eigenvalue weighted by Gasteiger charge is -2.14. The second-order valence-electron chi connectivity index (χ2n) is 3.51. The lowest BCUT2D eigenvalue weighted by molar-refractivity contribution is 0.0810. The normalized spacial score (nSPS) is 13.3. The van der Waals surface area contributed by atoms with Crippen LogP contribution in [0.25, 0.3) is 11.0 Å². The van der Waals surface area contributed by atoms with E-state index in [2.05, 4.69) is 22.4 Å². The SMILES string of the molecule is CNC(OC)c1ccc2c(c1)ncn2C. The van der Waals surface area contributed by atoms with Crippen LogP contribution >= 0.6 is 0 Å². The van der Waals surface area contributed by atoms with Crippen LogP contribution in [0.1, 0.15) is 11.8 Å². The van der Waals surface area contributed by atoms with E-state index in [9.17, 15) is 0 Å². The zero-order valence-electron chi connectivity index (χ0n) is 9.19. The summed E-state index contributed by atoms with van der Waals surface area (Å²) in [7, 11) is 5.54. The average molecular weight is 205 g/mol. The highest BCUT2D eigenvalue weighted by Gasteiger charge is 2.09. The van der Waals surface area contributed by atoms with Gasteiger partial charge in [0.25, 0.3) is 0 Å². The standard InChI is InChI=1S/C11H15N3O/c1-12-11(15-3)8-4-5-10-9(6-8)13-7-14(10)2/h4-7,11-12H,1-3H3. The van der Waals surface area contributed by atoms with Crippen LogP contribution in [0.15, 0.2) is 24.5 Å². The number of fused-ring (bicyclic) bond motifs is 1. The quantitative estimate of drug-likeness (QED) is 0.771. The Morgan fingerprint density at radius 2 is 2.27 bits per heavy atom. The second-order valence-corrected chi connectivity index (χ2v) is 3.51. The van der Waals surface area contributed by atoms with Gasteiger partial charge in [-0.1, -0.05) is 6.07 Å². The Morgan fingerprint density at radius 3 is 2.93 bits per heavy atom. The molecule has 0 saturated heterocycles. The molecule has 0 amide bonds. The molecule has 0 saturated carbocycles. The highest BCUT2D eigenvalue weighted by Crippen LogP contribution is 2.19. The van der Waals surface area contributed by atoms with Gasteiger partial charge in [-0.05, 0) is 24.7 Å². The topological polar surface area (TPSA) is 39.1 Å². The molecule has 1 atom stereocenters. The molecule has 1 N–H and O–H groups in total. The summed E-state index contributed by atoms with van der Waals surface area (Å²) in [4.78, 5) is 4.31. The number of imidazole rings is 1. The molecule has 0 aliphatic heterocycles. The molecular formula is C11H15N3O. The third kappa shape index (κ3) is 1.73. The Hall–Kier alpha value is -1.39. The summed E-state index contributed by atoms with van der Waals surface area (Å²) in [5, 5.41) is 3.08. The summed E-state index contributed by atoms with van der Waals surface area (Å²) >= 11 is 0. The van der Waals surface area contributed by atoms with Gasteiger partial charge in [0.05, 0.1) is 17.4 Å². The third-order valence-electron chi connectivity index (χ3n) is 2.55. The smallest absolute Gasteiger partial charge is 0.133 e. The summed E-state index contributed by atoms with van der Waals surface area (Å²) < 4.78 is 7.30. The molecule has 1 aromatic carbocycles. The van der Waals surface area contributed by atoms with Crippen LogP contribution in [-0.4, -0.2) is 23.7 Å². The maximum absolute atomic E-state index is 5.30. The van der Waals surface area contributed by atoms with Gasteiger partial charge in [0, 0.05) is 14.2 Å². The number of ether oxygens (including phenoxy) is 1. The maximum Gasteiger partial charge on any atom is 0.133 e. The number of hydrogen-bond donors (Lipinski definition) is 1. The first-order valence-electron chi connectivity index (χ1n) is 4.87. The van der Waals surface area contributed by atoms with E-state index in [0.29, 0.717) is 0 Å². The number of nitrogens with one attached hydrogen (secondary N) is 1. The van der Waals surface area contributed by atoms with Crippen LogP contribution in [0.2, 0.25) is 0 Å². The summed E-state index contributed by atoms with van der Waals surface area (Å²) in [5.74, 6) is 0. The van der Waals surface area contributed by atoms with Crippen LogP contribution < -0.4 is 5.32 Å². The van der Waals surface area contributed by atoms with E-state index >= 15 is 0 Å². The first-order chi connectivity index (χ1) is 7.26. The van der Waals surface area contributed by atoms with Gasteiger partial charge < -0.3 is 9.30 Å². The van der Waals surface area contributed by atoms with Gasteiger partial charge >= 0.3 is 0 Å². The molecular weight excluding hydrogens is 190 g/mol. The number of methoxy groups -OCH3 is 1. The number of hydrogen-bond acceptors (Lipinski definition) is 3. The van der Waals surface area contributed by atoms with Crippen molar-refractivity contribution in [3.8, 4) is 0 Å². The predicted octanol–water partition coefficient (Wildman–Crippen LogP) is 1.44. The highest BCUT2D eigenvalue weighted by molar-refractivity contribution is 5.76. The van der Waals surface area contributed by atoms with Crippen molar-refractivity contribution >= 4 is 11.0 Å². The molecule has 0 fully saturated rings. The molecule has 4 nitrogen and oxygen atoms in total. The van der Waals surface area contributed by atoms with Crippen molar-refractivity contribution in [2.45, 2.75) is 6.23 Å². The molecule has 80 valence electrons. The largest absolute Gasteiger partial charge is 0.362 e. The fraction of sp³-hybridized carbons (Fsp3) is 0.364. The van der Waals surface area contributed by atoms with E-state index < -0.39 is 0 Å². The third-order valence-corrected chi connectivity index (χ3v) is 2.55. The van der Waals surface area contributed by atoms with Crippen LogP contribution in [0.3, 0.4) is 0 Å². The Morgan fingerprint density at radius 1 is 1.47 bits per heavy atom. The Balaban J connectivity index is 2.46. The van der Waals surface area contributed by atoms with Gasteiger partial charge in [-0.25, -0.2) is 4.98 Å². The van der Waals surface area contributed by atoms with E-state index in [4.69, 9.17) is 4.74 Å². The summed E-state index contributed by atoms with van der Waals surface area (Å²) in [6.45, 7) is 0. The predicted molar refractivity (Wildman–Crippen MR) is 59.5 cm³/mol. The lowest BCUT2D eigenvalue weighted by atomic mass is 10.1. The zero-order valence-corrected chi connectivity index (χ0v) is 9.19. The van der Waals surface area contributed by atoms with Gasteiger partial charge in [0.2, 0.25) is 0 Å². The summed E-state index contributed by atoms with van der Waals surface area (Å²) in [6.07, 6.45) is 1.74. The monoisotopic (exact) mass is 205 g/mol. The van der Waals surface area contributed by atoms with Crippen molar-refractivity contribution in [2.24, 2.45) is 7.05 Å². The average Bonchev–Trinajstić information content (AvgIpc) is 2.62. The second kappa shape index (κ2) is 4.00. The minimum absolute atomic E-state index is 0.0728. The van der Waals surface area contributed by atoms with Crippen molar-refractivity contribution in [1.82, 2.24) is 14.9 Å². The number of benzene rings is 1. The molecule has 0 aliphatic carbocycles. The molecule has 4 heteroatoms. The fourth-order valence-electron chi connectivity index (χ4n) is 1.74. The fourth-order valence-corrected chi connectivity index (χ4v) is 1.74. The minimum Gasteiger partial charge on any atom is -0.362 e. The molecule has 1 unspecified atom stereocenters. The molecule has 0 spiro atoms. The number of nitrogens with zero attached hydrogens (tertiary/aromatic N) is 2. The summed E-state index contributed by atoms with van der Waals surface area (Å²) in [6, 6.07) is 6.15. The van der Waals surface area contributed by atoms with Gasteiger partial charge in [0.15, 0.2) is 0 Å². The molecule has 15 heavy (non-hydrogen) atoms. The van der Waals surface area contributed by atoms with Crippen LogP contribution in [0, 0.1) is 0 Å². The minimum atomic E-state index is -0.0728. The van der Waals surface area contributed by atoms with Crippen molar-refractivity contribution in [3.63, 3.8) is 0 Å². The van der Waals surface area contributed by atoms with Gasteiger partial charge in [-0.15, -0.1) is 0 Å². The van der Waals surface area contributed by atoms with E-state index in [0.717, 1.165) is 16.6 Å². The van der Waals surface area contributed by atoms with E-state index in [-0.39, 0.29) is 6.23 Å². The molecule has 1 aromatic heterocycles. The number of rotatable bonds is 3. The van der Waals surface area contributed by atoms with Gasteiger partial charge in [-0.3, -0.25) is 5.32 Å². The molecule has 2 aromatic rings. The first-order valence-corrected chi connectivity index (χ1v) is 4.87. The van der Waals surface area contributed by atoms with Crippen LogP contribution in [0.4, 0.5) is 0 Å². The van der Waals surface area contributed by atoms with E-state index in [1.54, 1.807) is 7.11 Å². The Bertz CT molecular complexity index is 460. The number of aryl methyl sites for hydroxylation is 1. The molecule has 2 rings (SSSR count). The lowest BCUT2D eigenvalue weighted by Crippen LogP contribution is -2.17. The zero-order chi connectivity index (χ0) is 10.8. The van der Waals surface area contributed by atoms with Crippen LogP contribution in [-0.2, 0) is 11.8 Å². The molecule has 0 bridgehead atoms. The van der Waals surface area contributed by atoms with Crippen molar-refractivity contribution in [1.29, 1.82) is 0 Å². The van der Waals surface area contributed by atoms with Crippen molar-refractivity contribution in [3.05, 3.63) is 30.1 Å². The highest BCUT2D eigenvalue weighted by atomic mass is 16.5. The first kappa shape index (κ1) is 10.1. The molecule has 0 aliphatic rings. The van der Waals surface area contributed by atoms with E-state index in [1.165, 1.54) is 0 Å². The van der Waals surface area contributed by atoms with Crippen LogP contribution in [0.5, 0.6) is 0 Å². The molecule has 1 heterocycles. The van der Waals surface area contributed by atoms with Crippen molar-refractivity contribution in [2.75, 3.05) is 14.2 Å². The molecule has 0 radical (unpaired) electrons. The van der Waals surface area contributed by atoms with Gasteiger partial charge in [0.1, 0.15) is 6.23 Å². The van der Waals surface area contributed by atoms with Gasteiger partial charge in [-0.2, -0.15) is 0 Å². The van der Waals surface area contributed by atoms with Crippen molar-refractivity contribution < 1.29 is 4.74 Å². The summed E-state index contributed by atoms with van der Waals surface area (Å²) in [5.41, 5.74) is 3.21. The Labute approximate surface area is 88.9 Å². The number of aromatic nitrogens is 2. The van der Waals surface area contributed by atoms with E-state index in [1.807, 2.05) is 31.1 Å².